The third-order valence-electron chi connectivity index (χ3n) is 6.98. The molecular formula is C31H43NO9. The number of carbonyl (C=O) groups is 5. The van der Waals surface area contributed by atoms with E-state index in [9.17, 15) is 24.0 Å². The summed E-state index contributed by atoms with van der Waals surface area (Å²) in [5.41, 5.74) is 0.488. The first-order valence-electron chi connectivity index (χ1n) is 14.0. The number of hydrogen-bond donors (Lipinski definition) is 1. The van der Waals surface area contributed by atoms with Crippen molar-refractivity contribution in [2.45, 2.75) is 97.5 Å². The minimum absolute atomic E-state index is 0.0817. The van der Waals surface area contributed by atoms with E-state index in [0.29, 0.717) is 18.4 Å². The molecule has 0 spiro atoms. The molecule has 0 aromatic heterocycles. The summed E-state index contributed by atoms with van der Waals surface area (Å²) >= 11 is 0. The first-order valence-corrected chi connectivity index (χ1v) is 14.0. The fourth-order valence-corrected chi connectivity index (χ4v) is 5.27. The largest absolute Gasteiger partial charge is 0.451 e. The Kier molecular flexibility index (Phi) is 12.4. The Morgan fingerprint density at radius 1 is 1.10 bits per heavy atom. The number of hydrogen-bond acceptors (Lipinski definition) is 9. The molecular weight excluding hydrogens is 530 g/mol. The maximum absolute atomic E-state index is 13.7. The number of ether oxygens (including phenoxy) is 3. The summed E-state index contributed by atoms with van der Waals surface area (Å²) in [6.45, 7) is 10.1. The van der Waals surface area contributed by atoms with Crippen LogP contribution in [0.4, 0.5) is 4.79 Å². The van der Waals surface area contributed by atoms with E-state index in [2.05, 4.69) is 0 Å². The first kappa shape index (κ1) is 33.8. The number of cyclic esters (lactones) is 1. The lowest BCUT2D eigenvalue weighted by molar-refractivity contribution is -0.166. The van der Waals surface area contributed by atoms with Crippen molar-refractivity contribution in [1.29, 1.82) is 0 Å². The number of benzene rings is 1. The highest BCUT2D eigenvalue weighted by Crippen LogP contribution is 2.35. The highest BCUT2D eigenvalue weighted by molar-refractivity contribution is 6.25. The number of carbonyl (C=O) groups excluding carboxylic acids is 5. The van der Waals surface area contributed by atoms with Crippen LogP contribution in [0.15, 0.2) is 30.3 Å². The molecule has 1 aromatic rings. The molecule has 3 atom stereocenters. The molecule has 2 rings (SSSR count). The van der Waals surface area contributed by atoms with Gasteiger partial charge in [-0.2, -0.15) is 0 Å². The number of rotatable bonds is 15. The number of nitrogens with zero attached hydrogens (tertiary/aromatic N) is 1. The van der Waals surface area contributed by atoms with Crippen LogP contribution >= 0.6 is 0 Å². The normalized spacial score (nSPS) is 18.2. The number of imide groups is 1. The molecule has 0 radical (unpaired) electrons. The molecule has 0 bridgehead atoms. The third-order valence-corrected chi connectivity index (χ3v) is 6.98. The van der Waals surface area contributed by atoms with Crippen LogP contribution < -0.4 is 0 Å². The lowest BCUT2D eigenvalue weighted by atomic mass is 9.88. The number of aliphatic hydroxyl groups is 1. The van der Waals surface area contributed by atoms with Crippen molar-refractivity contribution in [2.75, 3.05) is 13.7 Å². The highest BCUT2D eigenvalue weighted by Gasteiger charge is 2.54. The number of methoxy groups -OCH3 is 1. The smallest absolute Gasteiger partial charge is 0.417 e. The Bertz CT molecular complexity index is 1150. The SMILES string of the molecule is CO[C@@H](C(=O)N1C(=O)OC(C)(C)[C@H]1C(C)C)[C@@H](OC(C)=O)C(=O)C=C(C(=O)CCCCCCO)c1cccc(C)c1. The molecule has 1 saturated heterocycles. The van der Waals surface area contributed by atoms with Crippen LogP contribution in [-0.2, 0) is 33.4 Å². The monoisotopic (exact) mass is 573 g/mol. The van der Waals surface area contributed by atoms with E-state index >= 15 is 0 Å². The standard InChI is InChI=1S/C31H43NO9/c1-19(2)28-31(5,6)41-30(38)32(28)29(37)27(39-7)26(40-21(4)34)25(36)18-23(22-14-12-13-20(3)17-22)24(35)15-10-8-9-11-16-33/h12-14,17-19,26-28,33H,8-11,15-16H2,1-7H3/t26-,27+,28+/m0/s1. The second-order valence-corrected chi connectivity index (χ2v) is 11.2. The van der Waals surface area contributed by atoms with Gasteiger partial charge in [-0.25, -0.2) is 9.69 Å². The molecule has 10 heteroatoms. The lowest BCUT2D eigenvalue weighted by Crippen LogP contribution is -2.55. The molecule has 0 unspecified atom stereocenters. The van der Waals surface area contributed by atoms with Crippen molar-refractivity contribution in [3.63, 3.8) is 0 Å². The summed E-state index contributed by atoms with van der Waals surface area (Å²) in [6.07, 6.45) is -0.359. The van der Waals surface area contributed by atoms with Crippen LogP contribution in [0, 0.1) is 12.8 Å². The van der Waals surface area contributed by atoms with Crippen LogP contribution in [0.3, 0.4) is 0 Å². The summed E-state index contributed by atoms with van der Waals surface area (Å²) < 4.78 is 16.1. The fourth-order valence-electron chi connectivity index (χ4n) is 5.27. The third kappa shape index (κ3) is 8.81. The van der Waals surface area contributed by atoms with E-state index < -0.39 is 47.6 Å². The molecule has 0 saturated carbocycles. The highest BCUT2D eigenvalue weighted by atomic mass is 16.6. The Labute approximate surface area is 242 Å². The predicted octanol–water partition coefficient (Wildman–Crippen LogP) is 4.19. The molecule has 1 aromatic carbocycles. The molecule has 1 heterocycles. The Hall–Kier alpha value is -3.37. The van der Waals surface area contributed by atoms with Crippen LogP contribution in [-0.4, -0.2) is 77.1 Å². The van der Waals surface area contributed by atoms with Crippen molar-refractivity contribution >= 4 is 35.1 Å². The van der Waals surface area contributed by atoms with Crippen LogP contribution in [0.5, 0.6) is 0 Å². The number of unbranched alkanes of at least 4 members (excludes halogenated alkanes) is 3. The van der Waals surface area contributed by atoms with E-state index in [1.54, 1.807) is 32.0 Å². The van der Waals surface area contributed by atoms with Crippen LogP contribution in [0.25, 0.3) is 5.57 Å². The van der Waals surface area contributed by atoms with E-state index in [1.807, 2.05) is 26.8 Å². The summed E-state index contributed by atoms with van der Waals surface area (Å²) in [5.74, 6) is -3.05. The number of amides is 2. The zero-order chi connectivity index (χ0) is 30.9. The summed E-state index contributed by atoms with van der Waals surface area (Å²) in [4.78, 5) is 66.6. The predicted molar refractivity (Wildman–Crippen MR) is 152 cm³/mol. The van der Waals surface area contributed by atoms with Gasteiger partial charge in [-0.15, -0.1) is 0 Å². The number of Topliss-reactive ketones (excluding diaryl/α,β-unsaturated/α-hetero) is 1. The van der Waals surface area contributed by atoms with Crippen molar-refractivity contribution in [3.8, 4) is 0 Å². The molecule has 226 valence electrons. The van der Waals surface area contributed by atoms with Gasteiger partial charge >= 0.3 is 12.1 Å². The van der Waals surface area contributed by atoms with Gasteiger partial charge in [0.1, 0.15) is 5.60 Å². The Morgan fingerprint density at radius 3 is 2.32 bits per heavy atom. The average molecular weight is 574 g/mol. The van der Waals surface area contributed by atoms with E-state index in [1.165, 1.54) is 7.11 Å². The second-order valence-electron chi connectivity index (χ2n) is 11.2. The van der Waals surface area contributed by atoms with Gasteiger partial charge in [0, 0.05) is 32.6 Å². The first-order chi connectivity index (χ1) is 19.2. The summed E-state index contributed by atoms with van der Waals surface area (Å²) in [7, 11) is 1.17. The van der Waals surface area contributed by atoms with Gasteiger partial charge in [-0.05, 0) is 51.2 Å². The zero-order valence-corrected chi connectivity index (χ0v) is 25.1. The minimum Gasteiger partial charge on any atom is -0.451 e. The molecule has 1 aliphatic heterocycles. The van der Waals surface area contributed by atoms with Gasteiger partial charge in [-0.3, -0.25) is 19.2 Å². The van der Waals surface area contributed by atoms with Gasteiger partial charge < -0.3 is 19.3 Å². The quantitative estimate of drug-likeness (QED) is 0.186. The molecule has 0 aliphatic carbocycles. The van der Waals surface area contributed by atoms with Gasteiger partial charge in [0.2, 0.25) is 0 Å². The molecule has 10 nitrogen and oxygen atoms in total. The number of aliphatic hydroxyl groups excluding tert-OH is 1. The van der Waals surface area contributed by atoms with Crippen LogP contribution in [0.1, 0.15) is 77.8 Å². The van der Waals surface area contributed by atoms with E-state index in [4.69, 9.17) is 19.3 Å². The van der Waals surface area contributed by atoms with Crippen molar-refractivity contribution in [2.24, 2.45) is 5.92 Å². The maximum Gasteiger partial charge on any atom is 0.417 e. The van der Waals surface area contributed by atoms with E-state index in [-0.39, 0.29) is 30.3 Å². The minimum atomic E-state index is -1.76. The van der Waals surface area contributed by atoms with Gasteiger partial charge in [0.25, 0.3) is 5.91 Å². The number of allylic oxidation sites excluding steroid dienone is 1. The second kappa shape index (κ2) is 15.0. The average Bonchev–Trinajstić information content (AvgIpc) is 3.14. The Balaban J connectivity index is 2.49. The summed E-state index contributed by atoms with van der Waals surface area (Å²) in [5, 5.41) is 8.99. The zero-order valence-electron chi connectivity index (χ0n) is 25.1. The van der Waals surface area contributed by atoms with Gasteiger partial charge in [0.15, 0.2) is 23.8 Å². The molecule has 1 fully saturated rings. The van der Waals surface area contributed by atoms with E-state index in [0.717, 1.165) is 36.3 Å². The van der Waals surface area contributed by atoms with Crippen molar-refractivity contribution in [3.05, 3.63) is 41.5 Å². The lowest BCUT2D eigenvalue weighted by Gasteiger charge is -2.33. The molecule has 1 aliphatic rings. The van der Waals surface area contributed by atoms with Crippen molar-refractivity contribution < 1.29 is 43.3 Å². The number of esters is 1. The van der Waals surface area contributed by atoms with Gasteiger partial charge in [-0.1, -0.05) is 56.5 Å². The molecule has 1 N–H and O–H groups in total. The maximum atomic E-state index is 13.7. The number of ketones is 2. The number of aryl methyl sites for hydroxylation is 1. The fraction of sp³-hybridized carbons (Fsp3) is 0.581. The van der Waals surface area contributed by atoms with Crippen LogP contribution in [0.2, 0.25) is 0 Å². The van der Waals surface area contributed by atoms with Crippen molar-refractivity contribution in [1.82, 2.24) is 4.90 Å². The molecule has 41 heavy (non-hydrogen) atoms. The summed E-state index contributed by atoms with van der Waals surface area (Å²) in [6, 6.07) is 6.41. The Morgan fingerprint density at radius 2 is 1.76 bits per heavy atom. The topological polar surface area (TPSA) is 137 Å². The van der Waals surface area contributed by atoms with Gasteiger partial charge in [0.05, 0.1) is 6.04 Å². The molecule has 2 amide bonds.